The van der Waals surface area contributed by atoms with Crippen LogP contribution in [-0.2, 0) is 11.3 Å². The summed E-state index contributed by atoms with van der Waals surface area (Å²) in [6.45, 7) is 0.299. The molecule has 2 aliphatic carbocycles. The number of fused-ring (bicyclic) bond motifs is 5. The Balaban J connectivity index is 2.18. The molecule has 100 valence electrons. The SMILES string of the molecule is COc1cc(CN=C=O)c(OC)c2c1C1CCC2C1. The quantitative estimate of drug-likeness (QED) is 0.617. The summed E-state index contributed by atoms with van der Waals surface area (Å²) < 4.78 is 11.1. The van der Waals surface area contributed by atoms with Crippen LogP contribution in [0.4, 0.5) is 0 Å². The van der Waals surface area contributed by atoms with Gasteiger partial charge in [0.2, 0.25) is 6.08 Å². The van der Waals surface area contributed by atoms with E-state index in [1.165, 1.54) is 30.4 Å². The number of methoxy groups -OCH3 is 2. The fraction of sp³-hybridized carbons (Fsp3) is 0.533. The molecule has 1 fully saturated rings. The maximum absolute atomic E-state index is 10.3. The molecule has 0 aromatic heterocycles. The van der Waals surface area contributed by atoms with Crippen molar-refractivity contribution in [2.24, 2.45) is 4.99 Å². The predicted octanol–water partition coefficient (Wildman–Crippen LogP) is 2.90. The molecule has 2 unspecified atom stereocenters. The predicted molar refractivity (Wildman–Crippen MR) is 70.7 cm³/mol. The van der Waals surface area contributed by atoms with Gasteiger partial charge in [-0.25, -0.2) is 9.79 Å². The number of hydrogen-bond acceptors (Lipinski definition) is 4. The van der Waals surface area contributed by atoms with E-state index in [0.29, 0.717) is 18.4 Å². The van der Waals surface area contributed by atoms with E-state index in [0.717, 1.165) is 17.1 Å². The van der Waals surface area contributed by atoms with Crippen molar-refractivity contribution in [1.29, 1.82) is 0 Å². The zero-order chi connectivity index (χ0) is 13.4. The zero-order valence-corrected chi connectivity index (χ0v) is 11.2. The van der Waals surface area contributed by atoms with E-state index in [9.17, 15) is 4.79 Å². The molecule has 2 aliphatic rings. The summed E-state index contributed by atoms with van der Waals surface area (Å²) in [5.74, 6) is 2.98. The van der Waals surface area contributed by atoms with Gasteiger partial charge in [-0.05, 0) is 37.2 Å². The van der Waals surface area contributed by atoms with Crippen molar-refractivity contribution >= 4 is 6.08 Å². The van der Waals surface area contributed by atoms with Crippen LogP contribution < -0.4 is 9.47 Å². The third-order valence-electron chi connectivity index (χ3n) is 4.38. The van der Waals surface area contributed by atoms with Crippen LogP contribution in [-0.4, -0.2) is 20.3 Å². The van der Waals surface area contributed by atoms with Crippen LogP contribution in [0.25, 0.3) is 0 Å². The van der Waals surface area contributed by atoms with Gasteiger partial charge in [-0.2, -0.15) is 0 Å². The summed E-state index contributed by atoms with van der Waals surface area (Å²) in [6, 6.07) is 1.96. The van der Waals surface area contributed by atoms with Crippen LogP contribution in [0.5, 0.6) is 11.5 Å². The molecule has 0 saturated heterocycles. The number of benzene rings is 1. The molecular weight excluding hydrogens is 242 g/mol. The second-order valence-electron chi connectivity index (χ2n) is 5.21. The highest BCUT2D eigenvalue weighted by Crippen LogP contribution is 2.59. The fourth-order valence-electron chi connectivity index (χ4n) is 3.71. The van der Waals surface area contributed by atoms with Crippen molar-refractivity contribution in [3.05, 3.63) is 22.8 Å². The van der Waals surface area contributed by atoms with Crippen molar-refractivity contribution in [2.75, 3.05) is 14.2 Å². The van der Waals surface area contributed by atoms with E-state index in [2.05, 4.69) is 4.99 Å². The van der Waals surface area contributed by atoms with Crippen LogP contribution in [0.2, 0.25) is 0 Å². The molecular formula is C15H17NO3. The molecule has 0 radical (unpaired) electrons. The van der Waals surface area contributed by atoms with E-state index >= 15 is 0 Å². The molecule has 0 spiro atoms. The zero-order valence-electron chi connectivity index (χ0n) is 11.2. The van der Waals surface area contributed by atoms with Gasteiger partial charge >= 0.3 is 0 Å². The summed E-state index contributed by atoms with van der Waals surface area (Å²) in [5.41, 5.74) is 3.51. The molecule has 0 heterocycles. The maximum atomic E-state index is 10.3. The molecule has 4 nitrogen and oxygen atoms in total. The molecule has 1 aromatic rings. The van der Waals surface area contributed by atoms with Crippen LogP contribution >= 0.6 is 0 Å². The highest BCUT2D eigenvalue weighted by Gasteiger charge is 2.42. The average Bonchev–Trinajstić information content (AvgIpc) is 3.05. The van der Waals surface area contributed by atoms with Gasteiger partial charge in [0.25, 0.3) is 0 Å². The standard InChI is InChI=1S/C15H17NO3/c1-18-12-6-11(7-16-8-17)15(19-2)14-10-4-3-9(5-10)13(12)14/h6,9-10H,3-5,7H2,1-2H3. The number of hydrogen-bond donors (Lipinski definition) is 0. The van der Waals surface area contributed by atoms with Gasteiger partial charge in [0.05, 0.1) is 20.8 Å². The Morgan fingerprint density at radius 2 is 2.00 bits per heavy atom. The lowest BCUT2D eigenvalue weighted by Gasteiger charge is -2.23. The Bertz CT molecular complexity index is 561. The van der Waals surface area contributed by atoms with Crippen LogP contribution in [0.3, 0.4) is 0 Å². The second kappa shape index (κ2) is 4.71. The monoisotopic (exact) mass is 259 g/mol. The fourth-order valence-corrected chi connectivity index (χ4v) is 3.71. The number of aliphatic imine (C=N–C) groups is 1. The van der Waals surface area contributed by atoms with E-state index in [4.69, 9.17) is 9.47 Å². The van der Waals surface area contributed by atoms with Gasteiger partial charge in [-0.3, -0.25) is 0 Å². The first-order chi connectivity index (χ1) is 9.30. The molecule has 3 rings (SSSR count). The van der Waals surface area contributed by atoms with Crippen LogP contribution in [0.15, 0.2) is 11.1 Å². The second-order valence-corrected chi connectivity index (χ2v) is 5.21. The Morgan fingerprint density at radius 1 is 1.26 bits per heavy atom. The lowest BCUT2D eigenvalue weighted by atomic mass is 9.88. The summed E-state index contributed by atoms with van der Waals surface area (Å²) in [4.78, 5) is 14.0. The third kappa shape index (κ3) is 1.75. The molecule has 2 bridgehead atoms. The van der Waals surface area contributed by atoms with Crippen molar-refractivity contribution in [3.8, 4) is 11.5 Å². The summed E-state index contributed by atoms with van der Waals surface area (Å²) in [7, 11) is 3.38. The molecule has 2 atom stereocenters. The number of rotatable bonds is 4. The summed E-state index contributed by atoms with van der Waals surface area (Å²) in [6.07, 6.45) is 5.24. The van der Waals surface area contributed by atoms with Gasteiger partial charge in [0.15, 0.2) is 0 Å². The van der Waals surface area contributed by atoms with Gasteiger partial charge in [0.1, 0.15) is 11.5 Å². The van der Waals surface area contributed by atoms with Crippen LogP contribution in [0, 0.1) is 0 Å². The highest BCUT2D eigenvalue weighted by molar-refractivity contribution is 5.60. The van der Waals surface area contributed by atoms with Crippen molar-refractivity contribution in [2.45, 2.75) is 37.6 Å². The highest BCUT2D eigenvalue weighted by atomic mass is 16.5. The van der Waals surface area contributed by atoms with E-state index < -0.39 is 0 Å². The summed E-state index contributed by atoms with van der Waals surface area (Å²) >= 11 is 0. The van der Waals surface area contributed by atoms with Gasteiger partial charge in [-0.1, -0.05) is 0 Å². The smallest absolute Gasteiger partial charge is 0.235 e. The van der Waals surface area contributed by atoms with Gasteiger partial charge in [0, 0.05) is 16.7 Å². The van der Waals surface area contributed by atoms with E-state index in [-0.39, 0.29) is 0 Å². The molecule has 19 heavy (non-hydrogen) atoms. The van der Waals surface area contributed by atoms with Crippen LogP contribution in [0.1, 0.15) is 47.8 Å². The first kappa shape index (κ1) is 12.2. The lowest BCUT2D eigenvalue weighted by Crippen LogP contribution is -2.06. The molecule has 1 aromatic carbocycles. The van der Waals surface area contributed by atoms with Crippen molar-refractivity contribution in [3.63, 3.8) is 0 Å². The Kier molecular flexibility index (Phi) is 3.03. The van der Waals surface area contributed by atoms with Crippen molar-refractivity contribution in [1.82, 2.24) is 0 Å². The van der Waals surface area contributed by atoms with Crippen molar-refractivity contribution < 1.29 is 14.3 Å². The number of carbonyl (C=O) groups excluding carboxylic acids is 1. The average molecular weight is 259 g/mol. The largest absolute Gasteiger partial charge is 0.496 e. The summed E-state index contributed by atoms with van der Waals surface area (Å²) in [5, 5.41) is 0. The minimum atomic E-state index is 0.299. The molecule has 0 aliphatic heterocycles. The molecule has 0 N–H and O–H groups in total. The van der Waals surface area contributed by atoms with E-state index in [1.807, 2.05) is 6.07 Å². The topological polar surface area (TPSA) is 47.9 Å². The number of nitrogens with zero attached hydrogens (tertiary/aromatic N) is 1. The lowest BCUT2D eigenvalue weighted by molar-refractivity contribution is 0.387. The maximum Gasteiger partial charge on any atom is 0.235 e. The minimum Gasteiger partial charge on any atom is -0.496 e. The first-order valence-electron chi connectivity index (χ1n) is 6.61. The van der Waals surface area contributed by atoms with E-state index in [1.54, 1.807) is 20.3 Å². The normalized spacial score (nSPS) is 22.8. The first-order valence-corrected chi connectivity index (χ1v) is 6.61. The van der Waals surface area contributed by atoms with Gasteiger partial charge < -0.3 is 9.47 Å². The number of ether oxygens (including phenoxy) is 2. The molecule has 4 heteroatoms. The Morgan fingerprint density at radius 3 is 2.63 bits per heavy atom. The molecule has 0 amide bonds. The Hall–Kier alpha value is -1.80. The third-order valence-corrected chi connectivity index (χ3v) is 4.38. The molecule has 1 saturated carbocycles. The Labute approximate surface area is 112 Å². The number of isocyanates is 1. The van der Waals surface area contributed by atoms with Gasteiger partial charge in [-0.15, -0.1) is 0 Å². The minimum absolute atomic E-state index is 0.299.